The molecule has 5 aromatic rings. The number of anilines is 2. The van der Waals surface area contributed by atoms with Crippen LogP contribution in [0.3, 0.4) is 0 Å². The van der Waals surface area contributed by atoms with E-state index in [0.29, 0.717) is 18.0 Å². The molecule has 1 heterocycles. The molecule has 0 amide bonds. The zero-order valence-electron chi connectivity index (χ0n) is 26.9. The van der Waals surface area contributed by atoms with Crippen molar-refractivity contribution in [3.05, 3.63) is 132 Å². The number of fused-ring (bicyclic) bond motifs is 3. The number of hydrogen-bond donors (Lipinski definition) is 0. The average molecular weight is 611 g/mol. The maximum Gasteiger partial charge on any atom is 0.338 e. The van der Waals surface area contributed by atoms with Gasteiger partial charge in [0.25, 0.3) is 0 Å². The van der Waals surface area contributed by atoms with Crippen LogP contribution in [0.4, 0.5) is 11.5 Å². The number of aryl methyl sites for hydroxylation is 1. The number of carbonyl (C=O) groups excluding carboxylic acids is 1. The SMILES string of the molecule is CCCCCCCCCCOC(=O)c1ccc2c(c1)-c1ccccc1C2=NN(c1ccccc1)c1cc(C)n(-c2ccccc2)n1. The van der Waals surface area contributed by atoms with Crippen molar-refractivity contribution in [1.82, 2.24) is 9.78 Å². The summed E-state index contributed by atoms with van der Waals surface area (Å²) in [5.74, 6) is 0.439. The van der Waals surface area contributed by atoms with E-state index >= 15 is 0 Å². The molecule has 0 saturated heterocycles. The fraction of sp³-hybridized carbons (Fsp3) is 0.275. The molecule has 0 atom stereocenters. The average Bonchev–Trinajstić information content (AvgIpc) is 3.64. The van der Waals surface area contributed by atoms with Crippen molar-refractivity contribution in [2.45, 2.75) is 65.2 Å². The van der Waals surface area contributed by atoms with Crippen LogP contribution in [0.2, 0.25) is 0 Å². The Morgan fingerprint density at radius 1 is 0.717 bits per heavy atom. The fourth-order valence-corrected chi connectivity index (χ4v) is 6.06. The Morgan fingerprint density at radius 2 is 1.35 bits per heavy atom. The Hall–Kier alpha value is -4.97. The third kappa shape index (κ3) is 6.96. The molecule has 0 saturated carbocycles. The number of benzene rings is 4. The molecule has 0 N–H and O–H groups in total. The summed E-state index contributed by atoms with van der Waals surface area (Å²) in [4.78, 5) is 13.1. The molecule has 1 aliphatic carbocycles. The van der Waals surface area contributed by atoms with Crippen molar-refractivity contribution in [1.29, 1.82) is 0 Å². The topological polar surface area (TPSA) is 59.7 Å². The third-order valence-corrected chi connectivity index (χ3v) is 8.51. The summed E-state index contributed by atoms with van der Waals surface area (Å²) in [6, 6.07) is 36.3. The number of aromatic nitrogens is 2. The van der Waals surface area contributed by atoms with E-state index < -0.39 is 0 Å². The molecule has 46 heavy (non-hydrogen) atoms. The number of carbonyl (C=O) groups is 1. The molecule has 6 nitrogen and oxygen atoms in total. The van der Waals surface area contributed by atoms with Gasteiger partial charge in [-0.2, -0.15) is 5.10 Å². The lowest BCUT2D eigenvalue weighted by Crippen LogP contribution is -2.15. The Labute approximate surface area is 272 Å². The van der Waals surface area contributed by atoms with Crippen LogP contribution >= 0.6 is 0 Å². The van der Waals surface area contributed by atoms with Gasteiger partial charge < -0.3 is 4.74 Å². The second-order valence-electron chi connectivity index (χ2n) is 11.9. The number of ether oxygens (including phenoxy) is 1. The predicted molar refractivity (Wildman–Crippen MR) is 187 cm³/mol. The van der Waals surface area contributed by atoms with Gasteiger partial charge in [-0.3, -0.25) is 0 Å². The van der Waals surface area contributed by atoms with Gasteiger partial charge in [0.2, 0.25) is 0 Å². The molecule has 0 bridgehead atoms. The molecule has 0 aliphatic heterocycles. The van der Waals surface area contributed by atoms with Crippen LogP contribution < -0.4 is 5.01 Å². The largest absolute Gasteiger partial charge is 0.462 e. The van der Waals surface area contributed by atoms with Crippen molar-refractivity contribution in [2.75, 3.05) is 11.6 Å². The van der Waals surface area contributed by atoms with Gasteiger partial charge in [-0.25, -0.2) is 14.5 Å². The summed E-state index contributed by atoms with van der Waals surface area (Å²) in [5, 5.41) is 12.2. The maximum absolute atomic E-state index is 13.1. The highest BCUT2D eigenvalue weighted by Crippen LogP contribution is 2.39. The number of para-hydroxylation sites is 2. The maximum atomic E-state index is 13.1. The quantitative estimate of drug-likeness (QED) is 0.0700. The number of hydrogen-bond acceptors (Lipinski definition) is 5. The van der Waals surface area contributed by atoms with E-state index in [-0.39, 0.29) is 5.97 Å². The van der Waals surface area contributed by atoms with Gasteiger partial charge in [-0.05, 0) is 60.9 Å². The summed E-state index contributed by atoms with van der Waals surface area (Å²) < 4.78 is 7.63. The van der Waals surface area contributed by atoms with E-state index in [1.807, 2.05) is 101 Å². The lowest BCUT2D eigenvalue weighted by Gasteiger charge is -2.18. The molecule has 1 aromatic heterocycles. The van der Waals surface area contributed by atoms with Gasteiger partial charge in [-0.1, -0.05) is 119 Å². The molecule has 0 fully saturated rings. The number of unbranched alkanes of at least 4 members (excludes halogenated alkanes) is 7. The summed E-state index contributed by atoms with van der Waals surface area (Å²) in [7, 11) is 0. The zero-order chi connectivity index (χ0) is 31.7. The van der Waals surface area contributed by atoms with Crippen molar-refractivity contribution >= 4 is 23.2 Å². The van der Waals surface area contributed by atoms with Crippen molar-refractivity contribution in [3.63, 3.8) is 0 Å². The van der Waals surface area contributed by atoms with Crippen LogP contribution in [-0.2, 0) is 4.74 Å². The Kier molecular flexibility index (Phi) is 10.0. The number of rotatable bonds is 14. The first-order valence-corrected chi connectivity index (χ1v) is 16.6. The second kappa shape index (κ2) is 14.9. The molecule has 234 valence electrons. The van der Waals surface area contributed by atoms with E-state index in [1.165, 1.54) is 38.5 Å². The van der Waals surface area contributed by atoms with Gasteiger partial charge in [0.1, 0.15) is 0 Å². The van der Waals surface area contributed by atoms with E-state index in [0.717, 1.165) is 57.9 Å². The predicted octanol–water partition coefficient (Wildman–Crippen LogP) is 10.0. The van der Waals surface area contributed by atoms with Crippen LogP contribution in [0.15, 0.2) is 114 Å². The van der Waals surface area contributed by atoms with E-state index in [1.54, 1.807) is 0 Å². The Bertz CT molecular complexity index is 1790. The van der Waals surface area contributed by atoms with Gasteiger partial charge in [0.05, 0.1) is 29.3 Å². The van der Waals surface area contributed by atoms with Crippen molar-refractivity contribution in [3.8, 4) is 16.8 Å². The molecule has 1 aliphatic rings. The van der Waals surface area contributed by atoms with Crippen molar-refractivity contribution in [2.24, 2.45) is 5.10 Å². The molecular formula is C40H42N4O2. The number of esters is 1. The molecule has 6 heteroatoms. The summed E-state index contributed by atoms with van der Waals surface area (Å²) >= 11 is 0. The molecule has 6 rings (SSSR count). The fourth-order valence-electron chi connectivity index (χ4n) is 6.06. The van der Waals surface area contributed by atoms with Crippen LogP contribution in [0.25, 0.3) is 16.8 Å². The molecule has 4 aromatic carbocycles. The normalized spacial score (nSPS) is 12.6. The number of hydrazone groups is 1. The van der Waals surface area contributed by atoms with Crippen molar-refractivity contribution < 1.29 is 9.53 Å². The molecule has 0 spiro atoms. The van der Waals surface area contributed by atoms with Crippen LogP contribution in [0.1, 0.15) is 85.5 Å². The van der Waals surface area contributed by atoms with Crippen LogP contribution in [0.5, 0.6) is 0 Å². The lowest BCUT2D eigenvalue weighted by atomic mass is 10.0. The van der Waals surface area contributed by atoms with Gasteiger partial charge in [-0.15, -0.1) is 5.10 Å². The third-order valence-electron chi connectivity index (χ3n) is 8.51. The molecule has 0 unspecified atom stereocenters. The summed E-state index contributed by atoms with van der Waals surface area (Å²) in [6.45, 7) is 4.75. The van der Waals surface area contributed by atoms with E-state index in [2.05, 4.69) is 32.0 Å². The van der Waals surface area contributed by atoms with Gasteiger partial charge in [0.15, 0.2) is 5.82 Å². The first kappa shape index (κ1) is 31.0. The first-order chi connectivity index (χ1) is 22.6. The van der Waals surface area contributed by atoms with Crippen LogP contribution in [0, 0.1) is 6.92 Å². The first-order valence-electron chi connectivity index (χ1n) is 16.6. The monoisotopic (exact) mass is 610 g/mol. The number of nitrogens with zero attached hydrogens (tertiary/aromatic N) is 4. The van der Waals surface area contributed by atoms with Gasteiger partial charge in [0, 0.05) is 22.9 Å². The minimum atomic E-state index is -0.276. The summed E-state index contributed by atoms with van der Waals surface area (Å²) in [6.07, 6.45) is 9.67. The Balaban J connectivity index is 1.26. The molecule has 0 radical (unpaired) electrons. The standard InChI is InChI=1S/C40H42N4O2/c1-3-4-5-6-7-8-9-18-27-46-40(45)31-25-26-36-37(29-31)34-23-16-17-24-35(34)39(36)42-44(33-21-14-11-15-22-33)38-28-30(2)43(41-38)32-19-12-10-13-20-32/h10-17,19-26,28-29H,3-9,18,27H2,1-2H3. The zero-order valence-corrected chi connectivity index (χ0v) is 26.9. The van der Waals surface area contributed by atoms with Crippen LogP contribution in [-0.4, -0.2) is 28.1 Å². The van der Waals surface area contributed by atoms with E-state index in [9.17, 15) is 4.79 Å². The second-order valence-corrected chi connectivity index (χ2v) is 11.9. The molecular weight excluding hydrogens is 568 g/mol. The van der Waals surface area contributed by atoms with E-state index in [4.69, 9.17) is 14.9 Å². The highest BCUT2D eigenvalue weighted by molar-refractivity contribution is 6.25. The Morgan fingerprint density at radius 3 is 2.09 bits per heavy atom. The highest BCUT2D eigenvalue weighted by atomic mass is 16.5. The highest BCUT2D eigenvalue weighted by Gasteiger charge is 2.28. The minimum Gasteiger partial charge on any atom is -0.462 e. The minimum absolute atomic E-state index is 0.276. The lowest BCUT2D eigenvalue weighted by molar-refractivity contribution is 0.0497. The van der Waals surface area contributed by atoms with Gasteiger partial charge >= 0.3 is 5.97 Å². The smallest absolute Gasteiger partial charge is 0.338 e. The summed E-state index contributed by atoms with van der Waals surface area (Å²) in [5.41, 5.74) is 8.31.